The van der Waals surface area contributed by atoms with Gasteiger partial charge in [-0.25, -0.2) is 0 Å². The third-order valence-electron chi connectivity index (χ3n) is 2.63. The third kappa shape index (κ3) is 2.71. The maximum atomic E-state index is 12.9. The van der Waals surface area contributed by atoms with Crippen LogP contribution in [0.15, 0.2) is 22.7 Å². The van der Waals surface area contributed by atoms with E-state index in [0.717, 1.165) is 6.07 Å². The van der Waals surface area contributed by atoms with Gasteiger partial charge < -0.3 is 4.90 Å². The van der Waals surface area contributed by atoms with Crippen LogP contribution in [0.1, 0.15) is 12.0 Å². The van der Waals surface area contributed by atoms with Gasteiger partial charge in [0.25, 0.3) is 0 Å². The molecule has 1 aromatic rings. The van der Waals surface area contributed by atoms with E-state index in [4.69, 9.17) is 0 Å². The zero-order valence-electron chi connectivity index (χ0n) is 8.97. The smallest absolute Gasteiger partial charge is 0.311 e. The van der Waals surface area contributed by atoms with Crippen molar-refractivity contribution in [1.29, 1.82) is 0 Å². The van der Waals surface area contributed by atoms with E-state index in [1.54, 1.807) is 0 Å². The number of alkyl halides is 4. The Morgan fingerprint density at radius 1 is 1.33 bits per heavy atom. The zero-order valence-corrected chi connectivity index (χ0v) is 12.1. The van der Waals surface area contributed by atoms with Gasteiger partial charge in [-0.2, -0.15) is 13.2 Å². The van der Waals surface area contributed by atoms with Crippen LogP contribution in [-0.2, 0) is 11.0 Å². The standard InChI is InChI=1S/C11H8Br2F3NO/c12-6-1-2-8(11(14,15)16)9(3-6)17-5-7(13)4-10(17)18/h1-3,7H,4-5H2. The van der Waals surface area contributed by atoms with Gasteiger partial charge in [-0.05, 0) is 18.2 Å². The average Bonchev–Trinajstić information content (AvgIpc) is 2.55. The molecule has 1 aromatic carbocycles. The molecule has 1 amide bonds. The minimum absolute atomic E-state index is 0.0937. The van der Waals surface area contributed by atoms with Gasteiger partial charge in [0, 0.05) is 22.3 Å². The highest BCUT2D eigenvalue weighted by atomic mass is 79.9. The van der Waals surface area contributed by atoms with Gasteiger partial charge in [-0.3, -0.25) is 4.79 Å². The quantitative estimate of drug-likeness (QED) is 0.669. The minimum atomic E-state index is -4.47. The molecule has 0 bridgehead atoms. The molecule has 1 saturated heterocycles. The summed E-state index contributed by atoms with van der Waals surface area (Å²) in [4.78, 5) is 12.8. The molecule has 1 aliphatic heterocycles. The fraction of sp³-hybridized carbons (Fsp3) is 0.364. The van der Waals surface area contributed by atoms with Crippen LogP contribution < -0.4 is 4.90 Å². The molecular formula is C11H8Br2F3NO. The maximum absolute atomic E-state index is 12.9. The van der Waals surface area contributed by atoms with E-state index < -0.39 is 11.7 Å². The summed E-state index contributed by atoms with van der Waals surface area (Å²) in [5, 5.41) is 0. The lowest BCUT2D eigenvalue weighted by atomic mass is 10.1. The number of carbonyl (C=O) groups is 1. The molecule has 1 atom stereocenters. The minimum Gasteiger partial charge on any atom is -0.311 e. The summed E-state index contributed by atoms with van der Waals surface area (Å²) in [7, 11) is 0. The Balaban J connectivity index is 2.49. The Labute approximate surface area is 118 Å². The number of halogens is 5. The first-order valence-electron chi connectivity index (χ1n) is 5.10. The number of rotatable bonds is 1. The van der Waals surface area contributed by atoms with E-state index in [2.05, 4.69) is 31.9 Å². The Kier molecular flexibility index (Phi) is 3.73. The van der Waals surface area contributed by atoms with Crippen LogP contribution >= 0.6 is 31.9 Å². The summed E-state index contributed by atoms with van der Waals surface area (Å²) in [5.74, 6) is -0.305. The van der Waals surface area contributed by atoms with Crippen LogP contribution in [0.25, 0.3) is 0 Å². The number of carbonyl (C=O) groups excluding carboxylic acids is 1. The molecule has 18 heavy (non-hydrogen) atoms. The summed E-state index contributed by atoms with van der Waals surface area (Å²) >= 11 is 6.38. The van der Waals surface area contributed by atoms with E-state index in [0.29, 0.717) is 4.47 Å². The molecule has 1 fully saturated rings. The highest BCUT2D eigenvalue weighted by molar-refractivity contribution is 9.10. The van der Waals surface area contributed by atoms with Crippen LogP contribution in [0.3, 0.4) is 0 Å². The van der Waals surface area contributed by atoms with Gasteiger partial charge in [0.1, 0.15) is 0 Å². The fourth-order valence-electron chi connectivity index (χ4n) is 1.86. The second-order valence-electron chi connectivity index (χ2n) is 3.96. The zero-order chi connectivity index (χ0) is 13.5. The largest absolute Gasteiger partial charge is 0.418 e. The monoisotopic (exact) mass is 385 g/mol. The fourth-order valence-corrected chi connectivity index (χ4v) is 2.78. The van der Waals surface area contributed by atoms with Gasteiger partial charge >= 0.3 is 6.18 Å². The lowest BCUT2D eigenvalue weighted by Crippen LogP contribution is -2.27. The predicted molar refractivity (Wildman–Crippen MR) is 68.8 cm³/mol. The van der Waals surface area contributed by atoms with Gasteiger partial charge in [0.05, 0.1) is 11.3 Å². The van der Waals surface area contributed by atoms with Crippen molar-refractivity contribution in [2.24, 2.45) is 0 Å². The summed E-state index contributed by atoms with van der Waals surface area (Å²) in [6.45, 7) is 0.248. The Bertz CT molecular complexity index is 490. The number of hydrogen-bond acceptors (Lipinski definition) is 1. The van der Waals surface area contributed by atoms with E-state index in [1.807, 2.05) is 0 Å². The van der Waals surface area contributed by atoms with Crippen molar-refractivity contribution in [2.75, 3.05) is 11.4 Å². The number of hydrogen-bond donors (Lipinski definition) is 0. The molecule has 0 saturated carbocycles. The van der Waals surface area contributed by atoms with Crippen molar-refractivity contribution in [3.63, 3.8) is 0 Å². The summed E-state index contributed by atoms with van der Waals surface area (Å²) in [5.41, 5.74) is -0.885. The van der Waals surface area contributed by atoms with Gasteiger partial charge in [0.15, 0.2) is 0 Å². The van der Waals surface area contributed by atoms with E-state index in [1.165, 1.54) is 17.0 Å². The van der Waals surface area contributed by atoms with Gasteiger partial charge in [-0.15, -0.1) is 0 Å². The molecule has 98 valence electrons. The first-order valence-corrected chi connectivity index (χ1v) is 6.81. The molecule has 0 aliphatic carbocycles. The summed E-state index contributed by atoms with van der Waals surface area (Å²) in [6.07, 6.45) is -4.26. The van der Waals surface area contributed by atoms with Gasteiger partial charge in [-0.1, -0.05) is 31.9 Å². The van der Waals surface area contributed by atoms with Crippen molar-refractivity contribution in [3.05, 3.63) is 28.2 Å². The first kappa shape index (κ1) is 13.9. The van der Waals surface area contributed by atoms with Gasteiger partial charge in [0.2, 0.25) is 5.91 Å². The van der Waals surface area contributed by atoms with Crippen molar-refractivity contribution in [2.45, 2.75) is 17.4 Å². The number of amides is 1. The predicted octanol–water partition coefficient (Wildman–Crippen LogP) is 3.97. The number of benzene rings is 1. The van der Waals surface area contributed by atoms with Crippen molar-refractivity contribution >= 4 is 43.5 Å². The molecule has 0 aromatic heterocycles. The highest BCUT2D eigenvalue weighted by Gasteiger charge is 2.38. The SMILES string of the molecule is O=C1CC(Br)CN1c1cc(Br)ccc1C(F)(F)F. The highest BCUT2D eigenvalue weighted by Crippen LogP contribution is 2.39. The average molecular weight is 387 g/mol. The molecule has 0 spiro atoms. The summed E-state index contributed by atoms with van der Waals surface area (Å²) < 4.78 is 39.2. The summed E-state index contributed by atoms with van der Waals surface area (Å²) in [6, 6.07) is 3.62. The Morgan fingerprint density at radius 2 is 2.00 bits per heavy atom. The Hall–Kier alpha value is -0.560. The van der Waals surface area contributed by atoms with Crippen molar-refractivity contribution in [1.82, 2.24) is 0 Å². The third-order valence-corrected chi connectivity index (χ3v) is 3.74. The topological polar surface area (TPSA) is 20.3 Å². The molecule has 0 radical (unpaired) electrons. The number of nitrogens with zero attached hydrogens (tertiary/aromatic N) is 1. The molecule has 7 heteroatoms. The van der Waals surface area contributed by atoms with Crippen LogP contribution in [-0.4, -0.2) is 17.3 Å². The molecule has 1 unspecified atom stereocenters. The second-order valence-corrected chi connectivity index (χ2v) is 6.18. The normalized spacial score (nSPS) is 20.6. The van der Waals surface area contributed by atoms with Crippen LogP contribution in [0.5, 0.6) is 0 Å². The Morgan fingerprint density at radius 3 is 2.50 bits per heavy atom. The van der Waals surface area contributed by atoms with Crippen LogP contribution in [0.4, 0.5) is 18.9 Å². The molecule has 2 nitrogen and oxygen atoms in total. The molecule has 1 heterocycles. The molecule has 2 rings (SSSR count). The van der Waals surface area contributed by atoms with E-state index in [9.17, 15) is 18.0 Å². The lowest BCUT2D eigenvalue weighted by molar-refractivity contribution is -0.137. The van der Waals surface area contributed by atoms with Crippen LogP contribution in [0, 0.1) is 0 Å². The van der Waals surface area contributed by atoms with Crippen molar-refractivity contribution in [3.8, 4) is 0 Å². The van der Waals surface area contributed by atoms with E-state index >= 15 is 0 Å². The lowest BCUT2D eigenvalue weighted by Gasteiger charge is -2.21. The molecular weight excluding hydrogens is 379 g/mol. The molecule has 0 N–H and O–H groups in total. The second kappa shape index (κ2) is 4.85. The van der Waals surface area contributed by atoms with Crippen molar-refractivity contribution < 1.29 is 18.0 Å². The van der Waals surface area contributed by atoms with Crippen LogP contribution in [0.2, 0.25) is 0 Å². The molecule has 1 aliphatic rings. The maximum Gasteiger partial charge on any atom is 0.418 e. The number of anilines is 1. The van der Waals surface area contributed by atoms with E-state index in [-0.39, 0.29) is 29.4 Å². The first-order chi connectivity index (χ1) is 8.29.